The number of esters is 1. The number of nitrogens with two attached hydrogens (primary N) is 1. The summed E-state index contributed by atoms with van der Waals surface area (Å²) >= 11 is 0. The highest BCUT2D eigenvalue weighted by atomic mass is 16.5. The van der Waals surface area contributed by atoms with Crippen LogP contribution in [0.15, 0.2) is 0 Å². The highest BCUT2D eigenvalue weighted by Crippen LogP contribution is 2.43. The first-order chi connectivity index (χ1) is 7.29. The van der Waals surface area contributed by atoms with Crippen LogP contribution in [0.5, 0.6) is 0 Å². The van der Waals surface area contributed by atoms with Crippen molar-refractivity contribution in [1.82, 2.24) is 0 Å². The number of carbonyl (C=O) groups excluding carboxylic acids is 1. The normalized spacial score (nSPS) is 12.6. The van der Waals surface area contributed by atoms with E-state index in [9.17, 15) is 4.79 Å². The molecule has 0 unspecified atom stereocenters. The highest BCUT2D eigenvalue weighted by Gasteiger charge is 2.43. The molecule has 2 N–H and O–H groups in total. The first kappa shape index (κ1) is 15.4. The maximum atomic E-state index is 12.0. The Balaban J connectivity index is 4.45. The van der Waals surface area contributed by atoms with Gasteiger partial charge in [-0.15, -0.1) is 0 Å². The van der Waals surface area contributed by atoms with E-state index in [-0.39, 0.29) is 11.4 Å². The minimum absolute atomic E-state index is 0.0401. The first-order valence-corrected chi connectivity index (χ1v) is 6.17. The number of carbonyl (C=O) groups is 1. The molecule has 0 aliphatic rings. The monoisotopic (exact) mass is 229 g/mol. The summed E-state index contributed by atoms with van der Waals surface area (Å²) in [6.45, 7) is 11.3. The largest absolute Gasteiger partial charge is 0.465 e. The van der Waals surface area contributed by atoms with Crippen molar-refractivity contribution in [3.05, 3.63) is 0 Å². The summed E-state index contributed by atoms with van der Waals surface area (Å²) in [5.74, 6) is -0.112. The van der Waals surface area contributed by atoms with Crippen molar-refractivity contribution in [3.63, 3.8) is 0 Å². The zero-order valence-electron chi connectivity index (χ0n) is 11.4. The van der Waals surface area contributed by atoms with Crippen molar-refractivity contribution in [3.8, 4) is 0 Å². The Kier molecular flexibility index (Phi) is 6.01. The molecular weight excluding hydrogens is 202 g/mol. The van der Waals surface area contributed by atoms with E-state index in [1.54, 1.807) is 0 Å². The van der Waals surface area contributed by atoms with Gasteiger partial charge < -0.3 is 10.5 Å². The van der Waals surface area contributed by atoms with Gasteiger partial charge in [-0.2, -0.15) is 0 Å². The molecule has 0 aromatic rings. The first-order valence-electron chi connectivity index (χ1n) is 6.17. The lowest BCUT2D eigenvalue weighted by molar-refractivity contribution is -0.161. The molecule has 0 radical (unpaired) electrons. The molecule has 0 spiro atoms. The molecule has 16 heavy (non-hydrogen) atoms. The number of ether oxygens (including phenoxy) is 1. The van der Waals surface area contributed by atoms with Gasteiger partial charge in [0.25, 0.3) is 0 Å². The summed E-state index contributed by atoms with van der Waals surface area (Å²) < 4.78 is 5.26. The SMILES string of the molecule is CCCC(C)(C)C(C)(C)C(=O)OCCCN. The van der Waals surface area contributed by atoms with Crippen LogP contribution >= 0.6 is 0 Å². The van der Waals surface area contributed by atoms with E-state index in [2.05, 4.69) is 20.8 Å². The molecular formula is C13H27NO2. The molecule has 0 aliphatic carbocycles. The van der Waals surface area contributed by atoms with Gasteiger partial charge in [-0.05, 0) is 38.6 Å². The average Bonchev–Trinajstić information content (AvgIpc) is 2.17. The summed E-state index contributed by atoms with van der Waals surface area (Å²) in [7, 11) is 0. The van der Waals surface area contributed by atoms with Gasteiger partial charge in [-0.3, -0.25) is 4.79 Å². The van der Waals surface area contributed by atoms with Gasteiger partial charge >= 0.3 is 5.97 Å². The maximum absolute atomic E-state index is 12.0. The fraction of sp³-hybridized carbons (Fsp3) is 0.923. The fourth-order valence-electron chi connectivity index (χ4n) is 1.64. The van der Waals surface area contributed by atoms with E-state index < -0.39 is 5.41 Å². The Morgan fingerprint density at radius 3 is 2.25 bits per heavy atom. The van der Waals surface area contributed by atoms with Gasteiger partial charge in [0.05, 0.1) is 12.0 Å². The summed E-state index contributed by atoms with van der Waals surface area (Å²) in [6.07, 6.45) is 2.83. The summed E-state index contributed by atoms with van der Waals surface area (Å²) in [5.41, 5.74) is 4.88. The van der Waals surface area contributed by atoms with Crippen LogP contribution < -0.4 is 5.73 Å². The third kappa shape index (κ3) is 3.78. The molecule has 0 amide bonds. The van der Waals surface area contributed by atoms with Gasteiger partial charge in [0.1, 0.15) is 0 Å². The molecule has 0 bridgehead atoms. The van der Waals surface area contributed by atoms with Gasteiger partial charge in [-0.25, -0.2) is 0 Å². The fourth-order valence-corrected chi connectivity index (χ4v) is 1.64. The van der Waals surface area contributed by atoms with E-state index in [4.69, 9.17) is 10.5 Å². The minimum Gasteiger partial charge on any atom is -0.465 e. The van der Waals surface area contributed by atoms with Crippen LogP contribution in [0.2, 0.25) is 0 Å². The van der Waals surface area contributed by atoms with E-state index >= 15 is 0 Å². The summed E-state index contributed by atoms with van der Waals surface area (Å²) in [4.78, 5) is 12.0. The smallest absolute Gasteiger partial charge is 0.312 e. The zero-order valence-corrected chi connectivity index (χ0v) is 11.4. The number of hydrogen-bond acceptors (Lipinski definition) is 3. The van der Waals surface area contributed by atoms with Crippen LogP contribution in [0.3, 0.4) is 0 Å². The van der Waals surface area contributed by atoms with Crippen LogP contribution in [0.4, 0.5) is 0 Å². The molecule has 0 saturated carbocycles. The Labute approximate surface area is 99.7 Å². The predicted molar refractivity (Wildman–Crippen MR) is 67.1 cm³/mol. The maximum Gasteiger partial charge on any atom is 0.312 e. The van der Waals surface area contributed by atoms with Crippen LogP contribution in [0, 0.1) is 10.8 Å². The molecule has 0 aromatic heterocycles. The Morgan fingerprint density at radius 2 is 1.81 bits per heavy atom. The number of hydrogen-bond donors (Lipinski definition) is 1. The van der Waals surface area contributed by atoms with E-state index in [0.717, 1.165) is 19.3 Å². The van der Waals surface area contributed by atoms with Crippen LogP contribution in [-0.2, 0) is 9.53 Å². The summed E-state index contributed by atoms with van der Waals surface area (Å²) in [6, 6.07) is 0. The van der Waals surface area contributed by atoms with Crippen molar-refractivity contribution < 1.29 is 9.53 Å². The molecule has 0 atom stereocenters. The zero-order chi connectivity index (χ0) is 12.8. The molecule has 3 nitrogen and oxygen atoms in total. The topological polar surface area (TPSA) is 52.3 Å². The van der Waals surface area contributed by atoms with E-state index in [0.29, 0.717) is 13.2 Å². The lowest BCUT2D eigenvalue weighted by Crippen LogP contribution is -2.41. The van der Waals surface area contributed by atoms with Crippen LogP contribution in [0.1, 0.15) is 53.9 Å². The second-order valence-corrected chi connectivity index (χ2v) is 5.54. The Bertz CT molecular complexity index is 222. The van der Waals surface area contributed by atoms with Gasteiger partial charge in [0.15, 0.2) is 0 Å². The number of rotatable bonds is 7. The van der Waals surface area contributed by atoms with Gasteiger partial charge in [0, 0.05) is 0 Å². The molecule has 0 aromatic carbocycles. The van der Waals surface area contributed by atoms with Crippen molar-refractivity contribution in [2.75, 3.05) is 13.2 Å². The Morgan fingerprint density at radius 1 is 1.25 bits per heavy atom. The molecule has 0 rings (SSSR count). The van der Waals surface area contributed by atoms with Crippen molar-refractivity contribution in [2.24, 2.45) is 16.6 Å². The molecule has 3 heteroatoms. The lowest BCUT2D eigenvalue weighted by atomic mass is 9.65. The van der Waals surface area contributed by atoms with E-state index in [1.165, 1.54) is 0 Å². The molecule has 0 heterocycles. The Hall–Kier alpha value is -0.570. The highest BCUT2D eigenvalue weighted by molar-refractivity contribution is 5.76. The summed E-state index contributed by atoms with van der Waals surface area (Å²) in [5, 5.41) is 0. The van der Waals surface area contributed by atoms with Crippen LogP contribution in [0.25, 0.3) is 0 Å². The van der Waals surface area contributed by atoms with Crippen molar-refractivity contribution in [1.29, 1.82) is 0 Å². The van der Waals surface area contributed by atoms with Gasteiger partial charge in [0.2, 0.25) is 0 Å². The third-order valence-electron chi connectivity index (χ3n) is 3.66. The van der Waals surface area contributed by atoms with Crippen molar-refractivity contribution >= 4 is 5.97 Å². The standard InChI is InChI=1S/C13H27NO2/c1-6-8-12(2,3)13(4,5)11(15)16-10-7-9-14/h6-10,14H2,1-5H3. The average molecular weight is 229 g/mol. The second kappa shape index (κ2) is 6.24. The van der Waals surface area contributed by atoms with Gasteiger partial charge in [-0.1, -0.05) is 27.2 Å². The van der Waals surface area contributed by atoms with Crippen LogP contribution in [-0.4, -0.2) is 19.1 Å². The quantitative estimate of drug-likeness (QED) is 0.539. The molecule has 96 valence electrons. The molecule has 0 saturated heterocycles. The molecule has 0 fully saturated rings. The third-order valence-corrected chi connectivity index (χ3v) is 3.66. The van der Waals surface area contributed by atoms with Crippen molar-refractivity contribution in [2.45, 2.75) is 53.9 Å². The lowest BCUT2D eigenvalue weighted by Gasteiger charge is -2.39. The van der Waals surface area contributed by atoms with E-state index in [1.807, 2.05) is 13.8 Å². The second-order valence-electron chi connectivity index (χ2n) is 5.54. The minimum atomic E-state index is -0.447. The predicted octanol–water partition coefficient (Wildman–Crippen LogP) is 2.73. The molecule has 0 aliphatic heterocycles.